The van der Waals surface area contributed by atoms with Crippen LogP contribution in [0.3, 0.4) is 0 Å². The molecule has 0 unspecified atom stereocenters. The number of carbonyl (C=O) groups excluding carboxylic acids is 1. The molecule has 4 N–H and O–H groups in total. The fourth-order valence-corrected chi connectivity index (χ4v) is 1.89. The van der Waals surface area contributed by atoms with Crippen LogP contribution in [0, 0.1) is 5.82 Å². The van der Waals surface area contributed by atoms with E-state index in [0.29, 0.717) is 11.3 Å². The molecule has 0 radical (unpaired) electrons. The molecular weight excluding hydrogens is 275 g/mol. The average molecular weight is 288 g/mol. The van der Waals surface area contributed by atoms with Gasteiger partial charge in [-0.15, -0.1) is 0 Å². The summed E-state index contributed by atoms with van der Waals surface area (Å²) in [7, 11) is 0. The van der Waals surface area contributed by atoms with Crippen molar-refractivity contribution in [3.63, 3.8) is 0 Å². The summed E-state index contributed by atoms with van der Waals surface area (Å²) in [6, 6.07) is 9.87. The number of carboxylic acid groups (broad SMARTS) is 1. The van der Waals surface area contributed by atoms with E-state index in [1.54, 1.807) is 24.3 Å². The standard InChI is InChI=1S/C15H13FN2O3/c16-10-4-5-12(15(20)21)13(8-10)18-14(19)7-9-2-1-3-11(17)6-9/h1-6,8H,7,17H2,(H,18,19)(H,20,21). The van der Waals surface area contributed by atoms with E-state index >= 15 is 0 Å². The zero-order valence-electron chi connectivity index (χ0n) is 11.0. The number of rotatable bonds is 4. The van der Waals surface area contributed by atoms with Gasteiger partial charge in [-0.05, 0) is 35.9 Å². The number of amides is 1. The fourth-order valence-electron chi connectivity index (χ4n) is 1.89. The lowest BCUT2D eigenvalue weighted by Crippen LogP contribution is -2.17. The quantitative estimate of drug-likeness (QED) is 0.752. The van der Waals surface area contributed by atoms with Gasteiger partial charge in [0.15, 0.2) is 0 Å². The maximum atomic E-state index is 13.2. The first-order valence-electron chi connectivity index (χ1n) is 6.13. The highest BCUT2D eigenvalue weighted by molar-refractivity contribution is 6.01. The zero-order valence-corrected chi connectivity index (χ0v) is 11.0. The van der Waals surface area contributed by atoms with Crippen LogP contribution in [0.15, 0.2) is 42.5 Å². The fraction of sp³-hybridized carbons (Fsp3) is 0.0667. The summed E-state index contributed by atoms with van der Waals surface area (Å²) >= 11 is 0. The lowest BCUT2D eigenvalue weighted by Gasteiger charge is -2.09. The summed E-state index contributed by atoms with van der Waals surface area (Å²) in [5.41, 5.74) is 6.58. The van der Waals surface area contributed by atoms with Gasteiger partial charge in [-0.25, -0.2) is 9.18 Å². The number of nitrogens with one attached hydrogen (secondary N) is 1. The van der Waals surface area contributed by atoms with Gasteiger partial charge in [-0.1, -0.05) is 12.1 Å². The highest BCUT2D eigenvalue weighted by atomic mass is 19.1. The first kappa shape index (κ1) is 14.5. The summed E-state index contributed by atoms with van der Waals surface area (Å²) in [6.45, 7) is 0. The number of anilines is 2. The maximum absolute atomic E-state index is 13.2. The molecule has 0 bridgehead atoms. The Morgan fingerprint density at radius 3 is 2.62 bits per heavy atom. The second-order valence-electron chi connectivity index (χ2n) is 4.47. The van der Waals surface area contributed by atoms with Crippen LogP contribution in [0.1, 0.15) is 15.9 Å². The number of nitrogens with two attached hydrogens (primary N) is 1. The van der Waals surface area contributed by atoms with E-state index in [-0.39, 0.29) is 17.7 Å². The summed E-state index contributed by atoms with van der Waals surface area (Å²) in [5.74, 6) is -2.32. The number of nitrogen functional groups attached to an aromatic ring is 1. The van der Waals surface area contributed by atoms with E-state index < -0.39 is 17.7 Å². The number of carbonyl (C=O) groups is 2. The van der Waals surface area contributed by atoms with Crippen molar-refractivity contribution in [2.75, 3.05) is 11.1 Å². The summed E-state index contributed by atoms with van der Waals surface area (Å²) in [4.78, 5) is 22.9. The largest absolute Gasteiger partial charge is 0.478 e. The van der Waals surface area contributed by atoms with Crippen LogP contribution in [0.25, 0.3) is 0 Å². The van der Waals surface area contributed by atoms with Crippen LogP contribution in [-0.2, 0) is 11.2 Å². The molecule has 0 spiro atoms. The lowest BCUT2D eigenvalue weighted by molar-refractivity contribution is -0.115. The molecule has 0 fully saturated rings. The van der Waals surface area contributed by atoms with Gasteiger partial charge in [0.05, 0.1) is 17.7 Å². The number of hydrogen-bond acceptors (Lipinski definition) is 3. The van der Waals surface area contributed by atoms with Crippen molar-refractivity contribution in [3.8, 4) is 0 Å². The van der Waals surface area contributed by atoms with Gasteiger partial charge in [0.2, 0.25) is 5.91 Å². The van der Waals surface area contributed by atoms with E-state index in [4.69, 9.17) is 10.8 Å². The Balaban J connectivity index is 2.16. The van der Waals surface area contributed by atoms with Gasteiger partial charge in [0.25, 0.3) is 0 Å². The molecule has 0 aliphatic heterocycles. The van der Waals surface area contributed by atoms with Gasteiger partial charge in [0, 0.05) is 5.69 Å². The molecule has 2 aromatic rings. The molecule has 21 heavy (non-hydrogen) atoms. The third-order valence-electron chi connectivity index (χ3n) is 2.80. The molecule has 0 aliphatic rings. The molecule has 5 nitrogen and oxygen atoms in total. The van der Waals surface area contributed by atoms with Gasteiger partial charge in [0.1, 0.15) is 5.82 Å². The summed E-state index contributed by atoms with van der Waals surface area (Å²) < 4.78 is 13.2. The SMILES string of the molecule is Nc1cccc(CC(=O)Nc2cc(F)ccc2C(=O)O)c1. The minimum Gasteiger partial charge on any atom is -0.478 e. The molecule has 2 rings (SSSR count). The van der Waals surface area contributed by atoms with Crippen molar-refractivity contribution < 1.29 is 19.1 Å². The van der Waals surface area contributed by atoms with Crippen LogP contribution < -0.4 is 11.1 Å². The van der Waals surface area contributed by atoms with Gasteiger partial charge >= 0.3 is 5.97 Å². The molecule has 2 aromatic carbocycles. The summed E-state index contributed by atoms with van der Waals surface area (Å²) in [5, 5.41) is 11.4. The number of benzene rings is 2. The van der Waals surface area contributed by atoms with Crippen molar-refractivity contribution in [2.45, 2.75) is 6.42 Å². The predicted molar refractivity (Wildman–Crippen MR) is 76.5 cm³/mol. The Morgan fingerprint density at radius 2 is 1.95 bits per heavy atom. The third-order valence-corrected chi connectivity index (χ3v) is 2.80. The van der Waals surface area contributed by atoms with E-state index in [1.165, 1.54) is 0 Å². The number of aromatic carboxylic acids is 1. The first-order chi connectivity index (χ1) is 9.95. The Labute approximate surface area is 120 Å². The molecule has 0 aliphatic carbocycles. The molecule has 0 heterocycles. The van der Waals surface area contributed by atoms with Gasteiger partial charge < -0.3 is 16.2 Å². The van der Waals surface area contributed by atoms with Crippen LogP contribution in [0.2, 0.25) is 0 Å². The van der Waals surface area contributed by atoms with Crippen molar-refractivity contribution in [2.24, 2.45) is 0 Å². The highest BCUT2D eigenvalue weighted by Crippen LogP contribution is 2.18. The zero-order chi connectivity index (χ0) is 15.4. The topological polar surface area (TPSA) is 92.4 Å². The monoisotopic (exact) mass is 288 g/mol. The van der Waals surface area contributed by atoms with Crippen molar-refractivity contribution in [1.82, 2.24) is 0 Å². The van der Waals surface area contributed by atoms with Crippen LogP contribution in [0.4, 0.5) is 15.8 Å². The smallest absolute Gasteiger partial charge is 0.337 e. The van der Waals surface area contributed by atoms with E-state index in [1.807, 2.05) is 0 Å². The molecule has 108 valence electrons. The minimum atomic E-state index is -1.24. The van der Waals surface area contributed by atoms with E-state index in [9.17, 15) is 14.0 Å². The molecule has 0 saturated heterocycles. The average Bonchev–Trinajstić information content (AvgIpc) is 2.38. The molecule has 6 heteroatoms. The Bertz CT molecular complexity index is 701. The van der Waals surface area contributed by atoms with Gasteiger partial charge in [-0.2, -0.15) is 0 Å². The molecular formula is C15H13FN2O3. The Morgan fingerprint density at radius 1 is 1.19 bits per heavy atom. The Hall–Kier alpha value is -2.89. The second kappa shape index (κ2) is 6.04. The molecule has 0 atom stereocenters. The highest BCUT2D eigenvalue weighted by Gasteiger charge is 2.13. The Kier molecular flexibility index (Phi) is 4.18. The normalized spacial score (nSPS) is 10.1. The lowest BCUT2D eigenvalue weighted by atomic mass is 10.1. The third kappa shape index (κ3) is 3.79. The molecule has 0 aromatic heterocycles. The van der Waals surface area contributed by atoms with Crippen LogP contribution in [-0.4, -0.2) is 17.0 Å². The van der Waals surface area contributed by atoms with E-state index in [0.717, 1.165) is 18.2 Å². The van der Waals surface area contributed by atoms with Crippen molar-refractivity contribution in [3.05, 3.63) is 59.4 Å². The molecule has 1 amide bonds. The van der Waals surface area contributed by atoms with Crippen LogP contribution in [0.5, 0.6) is 0 Å². The van der Waals surface area contributed by atoms with Crippen LogP contribution >= 0.6 is 0 Å². The second-order valence-corrected chi connectivity index (χ2v) is 4.47. The number of halogens is 1. The van der Waals surface area contributed by atoms with Crippen molar-refractivity contribution in [1.29, 1.82) is 0 Å². The first-order valence-corrected chi connectivity index (χ1v) is 6.13. The van der Waals surface area contributed by atoms with Gasteiger partial charge in [-0.3, -0.25) is 4.79 Å². The number of hydrogen-bond donors (Lipinski definition) is 3. The maximum Gasteiger partial charge on any atom is 0.337 e. The predicted octanol–water partition coefficient (Wildman–Crippen LogP) is 2.29. The summed E-state index contributed by atoms with van der Waals surface area (Å²) in [6.07, 6.45) is 0.0145. The molecule has 0 saturated carbocycles. The number of carboxylic acids is 1. The van der Waals surface area contributed by atoms with Crippen molar-refractivity contribution >= 4 is 23.3 Å². The van der Waals surface area contributed by atoms with E-state index in [2.05, 4.69) is 5.32 Å². The minimum absolute atomic E-state index is 0.0145.